The number of nitrogens with one attached hydrogen (secondary N) is 2. The van der Waals surface area contributed by atoms with E-state index >= 15 is 0 Å². The molecule has 5 nitrogen and oxygen atoms in total. The van der Waals surface area contributed by atoms with E-state index in [1.165, 1.54) is 0 Å². The fraction of sp³-hybridized carbons (Fsp3) is 0.368. The molecule has 2 aromatic rings. The monoisotopic (exact) mass is 323 g/mol. The molecule has 0 saturated heterocycles. The first-order valence-electron chi connectivity index (χ1n) is 8.31. The van der Waals surface area contributed by atoms with Gasteiger partial charge in [0.1, 0.15) is 11.5 Å². The lowest BCUT2D eigenvalue weighted by Gasteiger charge is -2.36. The Balaban J connectivity index is 1.76. The number of ketones is 1. The molecule has 0 radical (unpaired) electrons. The molecular weight excluding hydrogens is 302 g/mol. The highest BCUT2D eigenvalue weighted by molar-refractivity contribution is 6.05. The average Bonchev–Trinajstić information content (AvgIpc) is 2.98. The number of allylic oxidation sites excluding steroid dienone is 1. The highest BCUT2D eigenvalue weighted by Crippen LogP contribution is 2.36. The summed E-state index contributed by atoms with van der Waals surface area (Å²) in [5.74, 6) is 1.03. The molecule has 1 aliphatic carbocycles. The minimum atomic E-state index is -0.244. The number of aryl methyl sites for hydroxylation is 1. The number of aliphatic hydroxyl groups is 1. The second kappa shape index (κ2) is 5.31. The third-order valence-electron chi connectivity index (χ3n) is 4.75. The van der Waals surface area contributed by atoms with Gasteiger partial charge in [-0.25, -0.2) is 4.98 Å². The van der Waals surface area contributed by atoms with Crippen molar-refractivity contribution in [3.8, 4) is 11.4 Å². The van der Waals surface area contributed by atoms with Crippen LogP contribution in [0.1, 0.15) is 43.6 Å². The SMILES string of the molecule is CC1(C)CC(=O)C2=C(N1)c1nc(-c3ccc(CO)cc3)[nH]c1CC2. The molecule has 24 heavy (non-hydrogen) atoms. The molecule has 124 valence electrons. The van der Waals surface area contributed by atoms with Crippen LogP contribution in [0.25, 0.3) is 17.1 Å². The van der Waals surface area contributed by atoms with Crippen LogP contribution in [0.5, 0.6) is 0 Å². The van der Waals surface area contributed by atoms with Gasteiger partial charge in [0.15, 0.2) is 5.78 Å². The Hall–Kier alpha value is -2.40. The first kappa shape index (κ1) is 15.1. The Morgan fingerprint density at radius 1 is 1.21 bits per heavy atom. The number of carbonyl (C=O) groups excluding carboxylic acids is 1. The lowest BCUT2D eigenvalue weighted by molar-refractivity contribution is -0.117. The first-order chi connectivity index (χ1) is 11.5. The average molecular weight is 323 g/mol. The summed E-state index contributed by atoms with van der Waals surface area (Å²) in [5.41, 5.74) is 5.34. The van der Waals surface area contributed by atoms with Crippen LogP contribution in [0.2, 0.25) is 0 Å². The number of hydrogen-bond acceptors (Lipinski definition) is 4. The fourth-order valence-electron chi connectivity index (χ4n) is 3.52. The van der Waals surface area contributed by atoms with Crippen LogP contribution in [0.4, 0.5) is 0 Å². The summed E-state index contributed by atoms with van der Waals surface area (Å²) in [6.45, 7) is 4.13. The van der Waals surface area contributed by atoms with Crippen molar-refractivity contribution in [2.24, 2.45) is 0 Å². The number of carbonyl (C=O) groups is 1. The number of H-pyrrole nitrogens is 1. The van der Waals surface area contributed by atoms with Gasteiger partial charge in [-0.15, -0.1) is 0 Å². The second-order valence-electron chi connectivity index (χ2n) is 7.23. The van der Waals surface area contributed by atoms with Crippen LogP contribution < -0.4 is 5.32 Å². The number of imidazole rings is 1. The molecule has 4 rings (SSSR count). The van der Waals surface area contributed by atoms with Crippen molar-refractivity contribution in [2.45, 2.75) is 45.3 Å². The fourth-order valence-corrected chi connectivity index (χ4v) is 3.52. The Labute approximate surface area is 140 Å². The number of aliphatic hydroxyl groups excluding tert-OH is 1. The topological polar surface area (TPSA) is 78.0 Å². The Morgan fingerprint density at radius 2 is 1.96 bits per heavy atom. The maximum Gasteiger partial charge on any atom is 0.163 e. The lowest BCUT2D eigenvalue weighted by atomic mass is 9.83. The number of Topliss-reactive ketones (excluding diaryl/α,β-unsaturated/α-hetero) is 1. The van der Waals surface area contributed by atoms with E-state index in [9.17, 15) is 4.79 Å². The molecule has 5 heteroatoms. The molecule has 1 aromatic carbocycles. The van der Waals surface area contributed by atoms with Gasteiger partial charge in [-0.3, -0.25) is 4.79 Å². The van der Waals surface area contributed by atoms with Crippen LogP contribution >= 0.6 is 0 Å². The van der Waals surface area contributed by atoms with Gasteiger partial charge in [0.05, 0.1) is 12.3 Å². The lowest BCUT2D eigenvalue weighted by Crippen LogP contribution is -2.45. The van der Waals surface area contributed by atoms with Crippen LogP contribution in [-0.4, -0.2) is 26.4 Å². The summed E-state index contributed by atoms with van der Waals surface area (Å²) in [5, 5.41) is 12.7. The minimum Gasteiger partial charge on any atom is -0.392 e. The number of benzene rings is 1. The number of hydrogen-bond donors (Lipinski definition) is 3. The standard InChI is InChI=1S/C19H21N3O2/c1-19(2)9-15(24)13-7-8-14-17(16(13)22-19)21-18(20-14)12-5-3-11(10-23)4-6-12/h3-6,22-23H,7-10H2,1-2H3,(H,20,21). The zero-order chi connectivity index (χ0) is 16.9. The maximum absolute atomic E-state index is 12.4. The molecule has 0 atom stereocenters. The largest absolute Gasteiger partial charge is 0.392 e. The minimum absolute atomic E-state index is 0.0340. The van der Waals surface area contributed by atoms with Crippen LogP contribution in [0.3, 0.4) is 0 Å². The molecule has 0 fully saturated rings. The molecule has 0 saturated carbocycles. The summed E-state index contributed by atoms with van der Waals surface area (Å²) in [6.07, 6.45) is 2.10. The van der Waals surface area contributed by atoms with E-state index in [0.29, 0.717) is 6.42 Å². The predicted molar refractivity (Wildman–Crippen MR) is 92.0 cm³/mol. The van der Waals surface area contributed by atoms with Gasteiger partial charge < -0.3 is 15.4 Å². The van der Waals surface area contributed by atoms with Gasteiger partial charge in [-0.1, -0.05) is 24.3 Å². The van der Waals surface area contributed by atoms with Crippen LogP contribution in [-0.2, 0) is 17.8 Å². The highest BCUT2D eigenvalue weighted by Gasteiger charge is 2.36. The second-order valence-corrected chi connectivity index (χ2v) is 7.23. The third kappa shape index (κ3) is 2.45. The zero-order valence-corrected chi connectivity index (χ0v) is 13.9. The molecule has 2 aliphatic rings. The zero-order valence-electron chi connectivity index (χ0n) is 13.9. The van der Waals surface area contributed by atoms with Gasteiger partial charge in [0, 0.05) is 28.8 Å². The van der Waals surface area contributed by atoms with E-state index < -0.39 is 0 Å². The maximum atomic E-state index is 12.4. The van der Waals surface area contributed by atoms with Crippen molar-refractivity contribution in [1.29, 1.82) is 0 Å². The molecule has 2 heterocycles. The van der Waals surface area contributed by atoms with E-state index in [2.05, 4.69) is 10.3 Å². The van der Waals surface area contributed by atoms with Crippen LogP contribution in [0.15, 0.2) is 29.8 Å². The van der Waals surface area contributed by atoms with E-state index in [0.717, 1.165) is 52.5 Å². The third-order valence-corrected chi connectivity index (χ3v) is 4.75. The summed E-state index contributed by atoms with van der Waals surface area (Å²) < 4.78 is 0. The molecule has 0 spiro atoms. The number of rotatable bonds is 2. The Kier molecular flexibility index (Phi) is 3.35. The van der Waals surface area contributed by atoms with Crippen molar-refractivity contribution in [2.75, 3.05) is 0 Å². The molecule has 0 unspecified atom stereocenters. The number of aromatic amines is 1. The van der Waals surface area contributed by atoms with Gasteiger partial charge >= 0.3 is 0 Å². The van der Waals surface area contributed by atoms with Crippen LogP contribution in [0, 0.1) is 0 Å². The normalized spacial score (nSPS) is 18.9. The summed E-state index contributed by atoms with van der Waals surface area (Å²) >= 11 is 0. The van der Waals surface area contributed by atoms with E-state index in [4.69, 9.17) is 10.1 Å². The molecule has 1 aliphatic heterocycles. The van der Waals surface area contributed by atoms with Crippen molar-refractivity contribution in [1.82, 2.24) is 15.3 Å². The Morgan fingerprint density at radius 3 is 2.67 bits per heavy atom. The van der Waals surface area contributed by atoms with E-state index in [1.54, 1.807) is 0 Å². The predicted octanol–water partition coefficient (Wildman–Crippen LogP) is 2.57. The van der Waals surface area contributed by atoms with E-state index in [1.807, 2.05) is 38.1 Å². The summed E-state index contributed by atoms with van der Waals surface area (Å²) in [6, 6.07) is 7.70. The molecule has 0 amide bonds. The van der Waals surface area contributed by atoms with Crippen molar-refractivity contribution < 1.29 is 9.90 Å². The number of aromatic nitrogens is 2. The van der Waals surface area contributed by atoms with E-state index in [-0.39, 0.29) is 17.9 Å². The highest BCUT2D eigenvalue weighted by atomic mass is 16.3. The van der Waals surface area contributed by atoms with Gasteiger partial charge in [0.2, 0.25) is 0 Å². The Bertz CT molecular complexity index is 844. The number of fused-ring (bicyclic) bond motifs is 2. The van der Waals surface area contributed by atoms with Crippen molar-refractivity contribution >= 4 is 11.5 Å². The first-order valence-corrected chi connectivity index (χ1v) is 8.31. The van der Waals surface area contributed by atoms with Gasteiger partial charge in [0.25, 0.3) is 0 Å². The summed E-state index contributed by atoms with van der Waals surface area (Å²) in [4.78, 5) is 20.6. The molecule has 3 N–H and O–H groups in total. The quantitative estimate of drug-likeness (QED) is 0.794. The van der Waals surface area contributed by atoms with Gasteiger partial charge in [-0.2, -0.15) is 0 Å². The molecular formula is C19H21N3O2. The number of nitrogens with zero attached hydrogens (tertiary/aromatic N) is 1. The smallest absolute Gasteiger partial charge is 0.163 e. The van der Waals surface area contributed by atoms with Gasteiger partial charge in [-0.05, 0) is 32.3 Å². The van der Waals surface area contributed by atoms with Crippen molar-refractivity contribution in [3.63, 3.8) is 0 Å². The molecule has 1 aromatic heterocycles. The van der Waals surface area contributed by atoms with Crippen molar-refractivity contribution in [3.05, 3.63) is 46.8 Å². The summed E-state index contributed by atoms with van der Waals surface area (Å²) in [7, 11) is 0. The molecule has 0 bridgehead atoms.